The predicted octanol–water partition coefficient (Wildman–Crippen LogP) is 7.61. The monoisotopic (exact) mass is 573 g/mol. The van der Waals surface area contributed by atoms with E-state index in [1.165, 1.54) is 30.3 Å². The Hall–Kier alpha value is -2.22. The van der Waals surface area contributed by atoms with E-state index in [-0.39, 0.29) is 16.3 Å². The third-order valence-corrected chi connectivity index (χ3v) is 7.26. The van der Waals surface area contributed by atoms with Crippen molar-refractivity contribution in [1.29, 1.82) is 0 Å². The molecule has 1 aliphatic rings. The van der Waals surface area contributed by atoms with Crippen molar-refractivity contribution in [3.05, 3.63) is 86.6 Å². The summed E-state index contributed by atoms with van der Waals surface area (Å²) < 4.78 is 12.7. The predicted molar refractivity (Wildman–Crippen MR) is 141 cm³/mol. The summed E-state index contributed by atoms with van der Waals surface area (Å²) in [5.74, 6) is -2.85. The number of hydrogen-bond acceptors (Lipinski definition) is 3. The van der Waals surface area contributed by atoms with Crippen molar-refractivity contribution in [1.82, 2.24) is 0 Å². The van der Waals surface area contributed by atoms with Gasteiger partial charge in [0, 0.05) is 34.4 Å². The Morgan fingerprint density at radius 3 is 2.14 bits per heavy atom. The Kier molecular flexibility index (Phi) is 7.41. The number of carbonyl (C=O) groups excluding carboxylic acids is 2. The summed E-state index contributed by atoms with van der Waals surface area (Å²) in [6.07, 6.45) is 0. The molecule has 0 saturated heterocycles. The van der Waals surface area contributed by atoms with Gasteiger partial charge >= 0.3 is 0 Å². The van der Waals surface area contributed by atoms with Gasteiger partial charge in [-0.1, -0.05) is 34.8 Å². The van der Waals surface area contributed by atoms with Gasteiger partial charge in [0.05, 0.1) is 22.2 Å². The fraction of sp³-hybridized carbons (Fsp3) is 0.167. The summed E-state index contributed by atoms with van der Waals surface area (Å²) in [6.45, 7) is 0. The van der Waals surface area contributed by atoms with E-state index in [2.05, 4.69) is 16.0 Å². The molecule has 4 rings (SSSR count). The van der Waals surface area contributed by atoms with Crippen LogP contribution in [0.5, 0.6) is 0 Å². The molecule has 3 aromatic rings. The molecule has 0 aromatic heterocycles. The zero-order valence-electron chi connectivity index (χ0n) is 17.9. The molecule has 5 nitrogen and oxygen atoms in total. The van der Waals surface area contributed by atoms with E-state index in [1.54, 1.807) is 31.3 Å². The van der Waals surface area contributed by atoms with E-state index in [0.29, 0.717) is 27.0 Å². The maximum Gasteiger partial charge on any atom is 0.257 e. The van der Waals surface area contributed by atoms with Crippen LogP contribution in [0.3, 0.4) is 0 Å². The Bertz CT molecular complexity index is 1310. The topological polar surface area (TPSA) is 70.2 Å². The molecule has 3 N–H and O–H groups in total. The number of alkyl halides is 2. The van der Waals surface area contributed by atoms with Crippen molar-refractivity contribution in [2.24, 2.45) is 5.92 Å². The van der Waals surface area contributed by atoms with Crippen molar-refractivity contribution in [2.45, 2.75) is 10.3 Å². The van der Waals surface area contributed by atoms with Gasteiger partial charge in [-0.05, 0) is 60.2 Å². The van der Waals surface area contributed by atoms with Crippen molar-refractivity contribution in [2.75, 3.05) is 23.0 Å². The number of nitrogens with one attached hydrogen (secondary N) is 3. The first-order valence-electron chi connectivity index (χ1n) is 10.2. The molecule has 0 bridgehead atoms. The summed E-state index contributed by atoms with van der Waals surface area (Å²) >= 11 is 31.1. The molecule has 35 heavy (non-hydrogen) atoms. The quantitative estimate of drug-likeness (QED) is 0.265. The van der Waals surface area contributed by atoms with Crippen LogP contribution in [0.15, 0.2) is 54.6 Å². The molecular weight excluding hydrogens is 559 g/mol. The van der Waals surface area contributed by atoms with Crippen LogP contribution in [0.25, 0.3) is 0 Å². The van der Waals surface area contributed by atoms with E-state index in [1.807, 2.05) is 0 Å². The molecule has 2 amide bonds. The van der Waals surface area contributed by atoms with Gasteiger partial charge in [0.2, 0.25) is 5.91 Å². The maximum atomic E-state index is 14.0. The average molecular weight is 576 g/mol. The molecule has 0 spiro atoms. The number of hydrogen-bond donors (Lipinski definition) is 3. The van der Waals surface area contributed by atoms with Gasteiger partial charge in [0.1, 0.15) is 10.2 Å². The van der Waals surface area contributed by atoms with Crippen LogP contribution in [0, 0.1) is 11.7 Å². The van der Waals surface area contributed by atoms with Crippen LogP contribution in [-0.4, -0.2) is 23.2 Å². The highest BCUT2D eigenvalue weighted by Crippen LogP contribution is 2.65. The van der Waals surface area contributed by atoms with Gasteiger partial charge in [0.25, 0.3) is 5.91 Å². The standard InChI is InChI=1S/C24H17Cl5FN3O2/c1-31-19-5-3-15(10-18(19)30)32-22(34)16-9-14(2-4-17(16)27)33-23(35)21-20(24(21,28)29)11-6-12(25)8-13(26)7-11/h2-10,20-21,31H,1H3,(H,32,34)(H,33,35)/t20-,21+/m0/s1. The third-order valence-electron chi connectivity index (χ3n) is 5.55. The van der Waals surface area contributed by atoms with Gasteiger partial charge < -0.3 is 16.0 Å². The highest BCUT2D eigenvalue weighted by Gasteiger charge is 2.67. The maximum absolute atomic E-state index is 14.0. The van der Waals surface area contributed by atoms with Crippen molar-refractivity contribution in [3.63, 3.8) is 0 Å². The molecule has 3 aromatic carbocycles. The highest BCUT2D eigenvalue weighted by atomic mass is 35.5. The number of carbonyl (C=O) groups is 2. The first-order valence-corrected chi connectivity index (χ1v) is 12.1. The van der Waals surface area contributed by atoms with Crippen LogP contribution < -0.4 is 16.0 Å². The number of anilines is 3. The van der Waals surface area contributed by atoms with E-state index in [0.717, 1.165) is 0 Å². The van der Waals surface area contributed by atoms with Gasteiger partial charge in [0.15, 0.2) is 0 Å². The Labute approximate surface area is 225 Å². The molecule has 11 heteroatoms. The summed E-state index contributed by atoms with van der Waals surface area (Å²) in [7, 11) is 1.59. The average Bonchev–Trinajstić information content (AvgIpc) is 3.36. The van der Waals surface area contributed by atoms with Crippen LogP contribution in [0.4, 0.5) is 21.5 Å². The minimum atomic E-state index is -1.35. The molecule has 0 unspecified atom stereocenters. The van der Waals surface area contributed by atoms with E-state index < -0.39 is 33.8 Å². The Morgan fingerprint density at radius 2 is 1.51 bits per heavy atom. The van der Waals surface area contributed by atoms with Crippen LogP contribution in [0.1, 0.15) is 21.8 Å². The van der Waals surface area contributed by atoms with Crippen LogP contribution >= 0.6 is 58.0 Å². The van der Waals surface area contributed by atoms with E-state index in [4.69, 9.17) is 58.0 Å². The molecule has 1 aliphatic carbocycles. The summed E-state index contributed by atoms with van der Waals surface area (Å²) in [6, 6.07) is 13.5. The lowest BCUT2D eigenvalue weighted by Crippen LogP contribution is -2.18. The van der Waals surface area contributed by atoms with Crippen LogP contribution in [-0.2, 0) is 4.79 Å². The summed E-state index contributed by atoms with van der Waals surface area (Å²) in [5, 5.41) is 8.95. The highest BCUT2D eigenvalue weighted by molar-refractivity contribution is 6.53. The molecular formula is C24H17Cl5FN3O2. The molecule has 1 saturated carbocycles. The first kappa shape index (κ1) is 25.9. The Morgan fingerprint density at radius 1 is 0.886 bits per heavy atom. The van der Waals surface area contributed by atoms with E-state index >= 15 is 0 Å². The fourth-order valence-electron chi connectivity index (χ4n) is 3.81. The number of rotatable bonds is 6. The van der Waals surface area contributed by atoms with Crippen molar-refractivity contribution < 1.29 is 14.0 Å². The fourth-order valence-corrected chi connectivity index (χ4v) is 5.39. The number of halogens is 6. The molecule has 1 fully saturated rings. The number of amides is 2. The molecule has 0 heterocycles. The lowest BCUT2D eigenvalue weighted by atomic mass is 10.1. The van der Waals surface area contributed by atoms with Crippen LogP contribution in [0.2, 0.25) is 15.1 Å². The lowest BCUT2D eigenvalue weighted by Gasteiger charge is -2.11. The zero-order chi connectivity index (χ0) is 25.5. The van der Waals surface area contributed by atoms with Gasteiger partial charge in [-0.25, -0.2) is 4.39 Å². The Balaban J connectivity index is 1.50. The lowest BCUT2D eigenvalue weighted by molar-refractivity contribution is -0.117. The van der Waals surface area contributed by atoms with E-state index in [9.17, 15) is 14.0 Å². The summed E-state index contributed by atoms with van der Waals surface area (Å²) in [4.78, 5) is 25.7. The minimum absolute atomic E-state index is 0.0829. The number of benzene rings is 3. The second-order valence-corrected chi connectivity index (χ2v) is 10.6. The van der Waals surface area contributed by atoms with Gasteiger partial charge in [-0.15, -0.1) is 23.2 Å². The first-order chi connectivity index (χ1) is 16.5. The zero-order valence-corrected chi connectivity index (χ0v) is 21.7. The minimum Gasteiger partial charge on any atom is -0.386 e. The molecule has 182 valence electrons. The second-order valence-electron chi connectivity index (χ2n) is 7.92. The smallest absolute Gasteiger partial charge is 0.257 e. The van der Waals surface area contributed by atoms with Crippen molar-refractivity contribution in [3.8, 4) is 0 Å². The largest absolute Gasteiger partial charge is 0.386 e. The van der Waals surface area contributed by atoms with Gasteiger partial charge in [-0.3, -0.25) is 9.59 Å². The SMILES string of the molecule is CNc1ccc(NC(=O)c2cc(NC(=O)[C@H]3[C@H](c4cc(Cl)cc(Cl)c4)C3(Cl)Cl)ccc2Cl)cc1F. The normalized spacial score (nSPS) is 18.0. The molecule has 2 atom stereocenters. The molecule has 0 aliphatic heterocycles. The third kappa shape index (κ3) is 5.47. The van der Waals surface area contributed by atoms with Crippen molar-refractivity contribution >= 4 is 86.9 Å². The molecule has 0 radical (unpaired) electrons. The van der Waals surface area contributed by atoms with Gasteiger partial charge in [-0.2, -0.15) is 0 Å². The second kappa shape index (κ2) is 10.0. The summed E-state index contributed by atoms with van der Waals surface area (Å²) in [5.41, 5.74) is 1.56.